The predicted molar refractivity (Wildman–Crippen MR) is 102 cm³/mol. The molecule has 1 aromatic carbocycles. The average Bonchev–Trinajstić information content (AvgIpc) is 3.22. The summed E-state index contributed by atoms with van der Waals surface area (Å²) in [4.78, 5) is 24.9. The van der Waals surface area contributed by atoms with Gasteiger partial charge in [-0.25, -0.2) is 9.48 Å². The fourth-order valence-corrected chi connectivity index (χ4v) is 3.51. The normalized spacial score (nSPS) is 10.6. The molecule has 140 valence electrons. The molecule has 10 heteroatoms. The van der Waals surface area contributed by atoms with Crippen molar-refractivity contribution in [1.82, 2.24) is 20.2 Å². The van der Waals surface area contributed by atoms with Gasteiger partial charge in [-0.2, -0.15) is 0 Å². The number of aryl methyl sites for hydroxylation is 1. The van der Waals surface area contributed by atoms with E-state index < -0.39 is 5.97 Å². The van der Waals surface area contributed by atoms with E-state index in [2.05, 4.69) is 20.8 Å². The van der Waals surface area contributed by atoms with Gasteiger partial charge in [0.05, 0.1) is 13.0 Å². The Bertz CT molecular complexity index is 967. The molecule has 0 aliphatic heterocycles. The number of ether oxygens (including phenoxy) is 1. The third-order valence-corrected chi connectivity index (χ3v) is 4.85. The third-order valence-electron chi connectivity index (χ3n) is 3.71. The minimum Gasteiger partial charge on any atom is -0.462 e. The molecule has 1 amide bonds. The van der Waals surface area contributed by atoms with Crippen LogP contribution in [0.15, 0.2) is 29.6 Å². The number of esters is 1. The van der Waals surface area contributed by atoms with Gasteiger partial charge in [0.25, 0.3) is 0 Å². The minimum absolute atomic E-state index is 0.0139. The maximum absolute atomic E-state index is 12.5. The average molecular weight is 406 g/mol. The lowest BCUT2D eigenvalue weighted by Gasteiger charge is -2.08. The summed E-state index contributed by atoms with van der Waals surface area (Å²) in [6.45, 7) is 1.96. The van der Waals surface area contributed by atoms with Crippen LogP contribution >= 0.6 is 22.9 Å². The molecule has 0 bridgehead atoms. The van der Waals surface area contributed by atoms with E-state index in [1.807, 2.05) is 12.1 Å². The van der Waals surface area contributed by atoms with Crippen LogP contribution < -0.4 is 5.32 Å². The molecule has 8 nitrogen and oxygen atoms in total. The molecule has 27 heavy (non-hydrogen) atoms. The smallest absolute Gasteiger partial charge is 0.341 e. The Morgan fingerprint density at radius 2 is 2.04 bits per heavy atom. The van der Waals surface area contributed by atoms with Crippen LogP contribution in [0.1, 0.15) is 23.1 Å². The van der Waals surface area contributed by atoms with Gasteiger partial charge in [-0.3, -0.25) is 4.79 Å². The van der Waals surface area contributed by atoms with Gasteiger partial charge < -0.3 is 10.1 Å². The van der Waals surface area contributed by atoms with Crippen LogP contribution in [0, 0.1) is 0 Å². The predicted octanol–water partition coefficient (Wildman–Crippen LogP) is 2.95. The molecular weight excluding hydrogens is 390 g/mol. The van der Waals surface area contributed by atoms with Crippen molar-refractivity contribution in [3.05, 3.63) is 46.1 Å². The fraction of sp³-hybridized carbons (Fsp3) is 0.235. The van der Waals surface area contributed by atoms with E-state index in [0.29, 0.717) is 27.0 Å². The van der Waals surface area contributed by atoms with Crippen LogP contribution in [0.5, 0.6) is 0 Å². The molecular formula is C17H16ClN5O3S. The summed E-state index contributed by atoms with van der Waals surface area (Å²) in [5.74, 6) is -0.415. The number of carbonyl (C=O) groups excluding carboxylic acids is 2. The minimum atomic E-state index is -0.501. The first-order valence-electron chi connectivity index (χ1n) is 8.05. The zero-order valence-electron chi connectivity index (χ0n) is 14.6. The topological polar surface area (TPSA) is 99.0 Å². The van der Waals surface area contributed by atoms with Gasteiger partial charge in [-0.1, -0.05) is 23.7 Å². The summed E-state index contributed by atoms with van der Waals surface area (Å²) < 4.78 is 6.59. The molecule has 1 N–H and O–H groups in total. The van der Waals surface area contributed by atoms with Gasteiger partial charge in [-0.05, 0) is 35.0 Å². The first-order chi connectivity index (χ1) is 13.0. The largest absolute Gasteiger partial charge is 0.462 e. The van der Waals surface area contributed by atoms with Gasteiger partial charge in [-0.15, -0.1) is 16.4 Å². The number of benzene rings is 1. The lowest BCUT2D eigenvalue weighted by atomic mass is 10.0. The number of nitrogens with zero attached hydrogens (tertiary/aromatic N) is 4. The second-order valence-electron chi connectivity index (χ2n) is 5.52. The van der Waals surface area contributed by atoms with Crippen molar-refractivity contribution in [2.45, 2.75) is 13.3 Å². The summed E-state index contributed by atoms with van der Waals surface area (Å²) >= 11 is 7.19. The maximum Gasteiger partial charge on any atom is 0.341 e. The van der Waals surface area contributed by atoms with E-state index in [1.54, 1.807) is 31.5 Å². The van der Waals surface area contributed by atoms with E-state index in [9.17, 15) is 9.59 Å². The number of hydrogen-bond donors (Lipinski definition) is 1. The van der Waals surface area contributed by atoms with Gasteiger partial charge in [0.2, 0.25) is 5.91 Å². The highest BCUT2D eigenvalue weighted by Crippen LogP contribution is 2.36. The molecule has 0 aliphatic carbocycles. The van der Waals surface area contributed by atoms with Gasteiger partial charge >= 0.3 is 5.97 Å². The summed E-state index contributed by atoms with van der Waals surface area (Å²) in [6, 6.07) is 7.10. The summed E-state index contributed by atoms with van der Waals surface area (Å²) in [5.41, 5.74) is 1.79. The standard InChI is InChI=1S/C17H16ClN5O3S/c1-3-26-17(25)15-12(10-4-6-11(18)7-5-10)9-27-16(15)19-14(24)8-13-20-21-22-23(13)2/h4-7,9H,3,8H2,1-2H3,(H,19,24). The monoisotopic (exact) mass is 405 g/mol. The van der Waals surface area contributed by atoms with Gasteiger partial charge in [0.15, 0.2) is 5.82 Å². The molecule has 0 fully saturated rings. The van der Waals surface area contributed by atoms with Crippen LogP contribution in [0.25, 0.3) is 11.1 Å². The lowest BCUT2D eigenvalue weighted by molar-refractivity contribution is -0.115. The number of rotatable bonds is 6. The van der Waals surface area contributed by atoms with E-state index in [1.165, 1.54) is 16.0 Å². The fourth-order valence-electron chi connectivity index (χ4n) is 2.41. The third kappa shape index (κ3) is 4.32. The maximum atomic E-state index is 12.5. The molecule has 0 atom stereocenters. The number of nitrogens with one attached hydrogen (secondary N) is 1. The molecule has 0 aliphatic rings. The Labute approximate surface area is 164 Å². The highest BCUT2D eigenvalue weighted by Gasteiger charge is 2.23. The Kier molecular flexibility index (Phi) is 5.82. The van der Waals surface area contributed by atoms with Crippen molar-refractivity contribution in [2.24, 2.45) is 7.05 Å². The van der Waals surface area contributed by atoms with Gasteiger partial charge in [0.1, 0.15) is 10.6 Å². The number of anilines is 1. The number of hydrogen-bond acceptors (Lipinski definition) is 7. The van der Waals surface area contributed by atoms with Crippen LogP contribution in [-0.4, -0.2) is 38.7 Å². The molecule has 0 saturated heterocycles. The lowest BCUT2D eigenvalue weighted by Crippen LogP contribution is -2.18. The quantitative estimate of drug-likeness (QED) is 0.633. The highest BCUT2D eigenvalue weighted by atomic mass is 35.5. The van der Waals surface area contributed by atoms with Crippen molar-refractivity contribution in [1.29, 1.82) is 0 Å². The van der Waals surface area contributed by atoms with Gasteiger partial charge in [0, 0.05) is 23.0 Å². The van der Waals surface area contributed by atoms with E-state index in [0.717, 1.165) is 5.56 Å². The molecule has 3 rings (SSSR count). The van der Waals surface area contributed by atoms with Crippen molar-refractivity contribution in [3.8, 4) is 11.1 Å². The van der Waals surface area contributed by atoms with Crippen molar-refractivity contribution in [3.63, 3.8) is 0 Å². The zero-order valence-corrected chi connectivity index (χ0v) is 16.2. The molecule has 0 saturated carbocycles. The number of amides is 1. The summed E-state index contributed by atoms with van der Waals surface area (Å²) in [7, 11) is 1.65. The van der Waals surface area contributed by atoms with Crippen molar-refractivity contribution < 1.29 is 14.3 Å². The summed E-state index contributed by atoms with van der Waals surface area (Å²) in [6.07, 6.45) is -0.0139. The Morgan fingerprint density at radius 3 is 2.67 bits per heavy atom. The molecule has 2 aromatic heterocycles. The van der Waals surface area contributed by atoms with Crippen molar-refractivity contribution >= 4 is 39.8 Å². The Hall–Kier alpha value is -2.78. The number of thiophene rings is 1. The molecule has 0 unspecified atom stereocenters. The SMILES string of the molecule is CCOC(=O)c1c(-c2ccc(Cl)cc2)csc1NC(=O)Cc1nnnn1C. The van der Waals surface area contributed by atoms with E-state index in [4.69, 9.17) is 16.3 Å². The van der Waals surface area contributed by atoms with Crippen LogP contribution in [0.4, 0.5) is 5.00 Å². The van der Waals surface area contributed by atoms with Crippen molar-refractivity contribution in [2.75, 3.05) is 11.9 Å². The number of carbonyl (C=O) groups is 2. The summed E-state index contributed by atoms with van der Waals surface area (Å²) in [5, 5.41) is 16.6. The second kappa shape index (κ2) is 8.28. The second-order valence-corrected chi connectivity index (χ2v) is 6.84. The van der Waals surface area contributed by atoms with E-state index >= 15 is 0 Å². The van der Waals surface area contributed by atoms with Crippen LogP contribution in [0.2, 0.25) is 5.02 Å². The zero-order chi connectivity index (χ0) is 19.4. The number of halogens is 1. The molecule has 2 heterocycles. The number of tetrazole rings is 1. The first kappa shape index (κ1) is 19.0. The first-order valence-corrected chi connectivity index (χ1v) is 9.31. The van der Waals surface area contributed by atoms with Crippen LogP contribution in [0.3, 0.4) is 0 Å². The molecule has 3 aromatic rings. The highest BCUT2D eigenvalue weighted by molar-refractivity contribution is 7.15. The van der Waals surface area contributed by atoms with Crippen LogP contribution in [-0.2, 0) is 23.0 Å². The Balaban J connectivity index is 1.90. The molecule has 0 radical (unpaired) electrons. The Morgan fingerprint density at radius 1 is 1.30 bits per heavy atom. The molecule has 0 spiro atoms. The van der Waals surface area contributed by atoms with E-state index in [-0.39, 0.29) is 18.9 Å². The number of aromatic nitrogens is 4.